The van der Waals surface area contributed by atoms with Crippen LogP contribution in [0.3, 0.4) is 0 Å². The molecule has 11 N–H and O–H groups in total. The van der Waals surface area contributed by atoms with Gasteiger partial charge in [-0.2, -0.15) is 11.8 Å². The van der Waals surface area contributed by atoms with Crippen molar-refractivity contribution < 1.29 is 44.1 Å². The summed E-state index contributed by atoms with van der Waals surface area (Å²) in [5.74, 6) is -5.05. The topological polar surface area (TPSA) is 263 Å². The Bertz CT molecular complexity index is 767. The zero-order valence-electron chi connectivity index (χ0n) is 19.5. The van der Waals surface area contributed by atoms with Gasteiger partial charge < -0.3 is 48.1 Å². The van der Waals surface area contributed by atoms with Gasteiger partial charge in [-0.05, 0) is 31.8 Å². The summed E-state index contributed by atoms with van der Waals surface area (Å²) in [7, 11) is 0. The van der Waals surface area contributed by atoms with Crippen LogP contribution in [0.4, 0.5) is 0 Å². The number of carbonyl (C=O) groups excluding carboxylic acids is 5. The summed E-state index contributed by atoms with van der Waals surface area (Å²) in [5, 5.41) is 36.9. The van der Waals surface area contributed by atoms with Crippen molar-refractivity contribution in [2.75, 3.05) is 25.2 Å². The molecule has 35 heavy (non-hydrogen) atoms. The summed E-state index contributed by atoms with van der Waals surface area (Å²) >= 11 is 1.37. The number of hydrogen-bond acceptors (Lipinski definition) is 10. The maximum atomic E-state index is 12.7. The molecule has 15 nitrogen and oxygen atoms in total. The molecule has 0 unspecified atom stereocenters. The van der Waals surface area contributed by atoms with Crippen LogP contribution in [0.1, 0.15) is 26.2 Å². The number of nitrogens with two attached hydrogens (primary N) is 2. The van der Waals surface area contributed by atoms with Crippen LogP contribution in [0.5, 0.6) is 0 Å². The first-order valence-corrected chi connectivity index (χ1v) is 12.0. The Morgan fingerprint density at radius 1 is 0.943 bits per heavy atom. The maximum absolute atomic E-state index is 12.7. The summed E-state index contributed by atoms with van der Waals surface area (Å²) in [4.78, 5) is 71.1. The van der Waals surface area contributed by atoms with Gasteiger partial charge >= 0.3 is 5.97 Å². The van der Waals surface area contributed by atoms with E-state index in [1.807, 2.05) is 5.32 Å². The minimum Gasteiger partial charge on any atom is -0.480 e. The van der Waals surface area contributed by atoms with Crippen LogP contribution in [-0.2, 0) is 28.8 Å². The van der Waals surface area contributed by atoms with Gasteiger partial charge in [0.15, 0.2) is 0 Å². The number of carboxylic acid groups (broad SMARTS) is 1. The van der Waals surface area contributed by atoms with Crippen molar-refractivity contribution in [1.29, 1.82) is 0 Å². The number of carbonyl (C=O) groups is 6. The van der Waals surface area contributed by atoms with Crippen molar-refractivity contribution >= 4 is 47.3 Å². The fraction of sp³-hybridized carbons (Fsp3) is 0.684. The van der Waals surface area contributed by atoms with Crippen molar-refractivity contribution in [3.63, 3.8) is 0 Å². The molecule has 0 aromatic carbocycles. The van der Waals surface area contributed by atoms with Gasteiger partial charge in [-0.25, -0.2) is 4.79 Å². The zero-order chi connectivity index (χ0) is 27.1. The number of aliphatic hydroxyl groups excluding tert-OH is 2. The number of carboxylic acids is 1. The summed E-state index contributed by atoms with van der Waals surface area (Å²) in [6, 6.07) is -5.44. The molecule has 0 aliphatic carbocycles. The number of aliphatic carboxylic acids is 1. The molecular formula is C19H34N6O9S. The molecule has 0 aromatic heterocycles. The van der Waals surface area contributed by atoms with Crippen LogP contribution in [0.15, 0.2) is 0 Å². The summed E-state index contributed by atoms with van der Waals surface area (Å²) in [6.07, 6.45) is 0.334. The molecular weight excluding hydrogens is 488 g/mol. The molecule has 0 aliphatic heterocycles. The highest BCUT2D eigenvalue weighted by molar-refractivity contribution is 7.98. The first kappa shape index (κ1) is 32.0. The van der Waals surface area contributed by atoms with Gasteiger partial charge in [0.2, 0.25) is 29.5 Å². The third-order valence-electron chi connectivity index (χ3n) is 4.58. The van der Waals surface area contributed by atoms with Crippen LogP contribution < -0.4 is 32.7 Å². The molecule has 0 radical (unpaired) electrons. The van der Waals surface area contributed by atoms with Crippen LogP contribution in [0.2, 0.25) is 0 Å². The molecule has 0 fully saturated rings. The smallest absolute Gasteiger partial charge is 0.328 e. The van der Waals surface area contributed by atoms with Gasteiger partial charge in [0.25, 0.3) is 0 Å². The zero-order valence-corrected chi connectivity index (χ0v) is 20.3. The highest BCUT2D eigenvalue weighted by Gasteiger charge is 2.32. The Labute approximate surface area is 206 Å². The van der Waals surface area contributed by atoms with Crippen LogP contribution in [0, 0.1) is 0 Å². The summed E-state index contributed by atoms with van der Waals surface area (Å²) < 4.78 is 0. The fourth-order valence-corrected chi connectivity index (χ4v) is 3.05. The third-order valence-corrected chi connectivity index (χ3v) is 5.23. The lowest BCUT2D eigenvalue weighted by molar-refractivity contribution is -0.144. The van der Waals surface area contributed by atoms with Gasteiger partial charge in [0.1, 0.15) is 18.1 Å². The second kappa shape index (κ2) is 16.6. The van der Waals surface area contributed by atoms with E-state index in [4.69, 9.17) is 21.7 Å². The number of nitrogens with one attached hydrogen (secondary N) is 4. The normalized spacial score (nSPS) is 15.0. The second-order valence-corrected chi connectivity index (χ2v) is 8.53. The van der Waals surface area contributed by atoms with Crippen LogP contribution >= 0.6 is 11.8 Å². The molecule has 5 atom stereocenters. The van der Waals surface area contributed by atoms with Gasteiger partial charge in [-0.1, -0.05) is 0 Å². The van der Waals surface area contributed by atoms with E-state index in [9.17, 15) is 33.9 Å². The predicted molar refractivity (Wildman–Crippen MR) is 125 cm³/mol. The number of rotatable bonds is 17. The lowest BCUT2D eigenvalue weighted by atomic mass is 10.1. The molecule has 0 rings (SSSR count). The number of primary amides is 1. The summed E-state index contributed by atoms with van der Waals surface area (Å²) in [6.45, 7) is -0.249. The van der Waals surface area contributed by atoms with Crippen molar-refractivity contribution in [2.45, 2.75) is 56.5 Å². The largest absolute Gasteiger partial charge is 0.480 e. The standard InChI is InChI=1S/C19H34N6O9S/c1-9(27)15(18(32)24-12(8-26)19(33)34)25-17(31)11(5-6-35-2)23-14(29)7-22-16(30)10(20)3-4-13(21)28/h9-12,15,26-27H,3-8,20H2,1-2H3,(H2,21,28)(H,22,30)(H,23,29)(H,24,32)(H,25,31)(H,33,34)/t9-,10+,11+,12+,15+/m1/s1. The monoisotopic (exact) mass is 522 g/mol. The third kappa shape index (κ3) is 12.9. The van der Waals surface area contributed by atoms with Crippen molar-refractivity contribution in [3.8, 4) is 0 Å². The van der Waals surface area contributed by atoms with Gasteiger partial charge in [0, 0.05) is 6.42 Å². The van der Waals surface area contributed by atoms with E-state index in [1.54, 1.807) is 6.26 Å². The SMILES string of the molecule is CSCC[C@H](NC(=O)CNC(=O)[C@@H](N)CCC(N)=O)C(=O)N[C@H](C(=O)N[C@@H](CO)C(=O)O)[C@@H](C)O. The van der Waals surface area contributed by atoms with Crippen LogP contribution in [-0.4, -0.2) is 106 Å². The Hall–Kier alpha value is -2.95. The molecule has 200 valence electrons. The molecule has 0 heterocycles. The number of amides is 5. The first-order valence-electron chi connectivity index (χ1n) is 10.6. The van der Waals surface area contributed by atoms with E-state index >= 15 is 0 Å². The van der Waals surface area contributed by atoms with Crippen LogP contribution in [0.25, 0.3) is 0 Å². The predicted octanol–water partition coefficient (Wildman–Crippen LogP) is -4.64. The fourth-order valence-electron chi connectivity index (χ4n) is 2.58. The Morgan fingerprint density at radius 3 is 2.06 bits per heavy atom. The maximum Gasteiger partial charge on any atom is 0.328 e. The van der Waals surface area contributed by atoms with Gasteiger partial charge in [0.05, 0.1) is 25.3 Å². The van der Waals surface area contributed by atoms with Crippen molar-refractivity contribution in [1.82, 2.24) is 21.3 Å². The number of hydrogen-bond donors (Lipinski definition) is 9. The second-order valence-electron chi connectivity index (χ2n) is 7.54. The first-order chi connectivity index (χ1) is 16.3. The van der Waals surface area contributed by atoms with Crippen molar-refractivity contribution in [2.24, 2.45) is 11.5 Å². The van der Waals surface area contributed by atoms with E-state index in [0.717, 1.165) is 0 Å². The molecule has 0 bridgehead atoms. The van der Waals surface area contributed by atoms with E-state index in [-0.39, 0.29) is 19.3 Å². The van der Waals surface area contributed by atoms with E-state index in [0.29, 0.717) is 5.75 Å². The Morgan fingerprint density at radius 2 is 1.57 bits per heavy atom. The highest BCUT2D eigenvalue weighted by atomic mass is 32.2. The van der Waals surface area contributed by atoms with E-state index in [1.165, 1.54) is 18.7 Å². The molecule has 0 saturated heterocycles. The van der Waals surface area contributed by atoms with E-state index in [2.05, 4.69) is 16.0 Å². The average molecular weight is 523 g/mol. The van der Waals surface area contributed by atoms with Crippen molar-refractivity contribution in [3.05, 3.63) is 0 Å². The number of aliphatic hydroxyl groups is 2. The molecule has 0 saturated carbocycles. The van der Waals surface area contributed by atoms with Gasteiger partial charge in [-0.15, -0.1) is 0 Å². The van der Waals surface area contributed by atoms with E-state index < -0.39 is 78.9 Å². The molecule has 0 aromatic rings. The Balaban J connectivity index is 5.13. The highest BCUT2D eigenvalue weighted by Crippen LogP contribution is 2.04. The molecule has 0 aliphatic rings. The molecule has 16 heteroatoms. The Kier molecular flexibility index (Phi) is 15.2. The summed E-state index contributed by atoms with van der Waals surface area (Å²) in [5.41, 5.74) is 10.6. The quantitative estimate of drug-likeness (QED) is 0.0876. The average Bonchev–Trinajstić information content (AvgIpc) is 2.79. The molecule has 5 amide bonds. The minimum atomic E-state index is -1.65. The molecule has 0 spiro atoms. The van der Waals surface area contributed by atoms with Gasteiger partial charge in [-0.3, -0.25) is 24.0 Å². The number of thioether (sulfide) groups is 1. The minimum absolute atomic E-state index is 0.0106. The lowest BCUT2D eigenvalue weighted by Crippen LogP contribution is -2.60. The lowest BCUT2D eigenvalue weighted by Gasteiger charge is -2.25.